The molecule has 0 aromatic carbocycles. The molecule has 1 fully saturated rings. The lowest BCUT2D eigenvalue weighted by Crippen LogP contribution is -2.35. The molecule has 3 nitrogen and oxygen atoms in total. The van der Waals surface area contributed by atoms with Crippen molar-refractivity contribution in [1.82, 2.24) is 9.88 Å². The minimum atomic E-state index is 0.224. The number of aromatic nitrogens is 1. The molecule has 1 aromatic heterocycles. The maximum atomic E-state index is 12.2. The SMILES string of the molecule is Cc1cc(C(=O)CNC2CCCCC2)c(C)n1C. The first kappa shape index (κ1) is 13.3. The number of hydrogen-bond acceptors (Lipinski definition) is 2. The van der Waals surface area contributed by atoms with E-state index >= 15 is 0 Å². The summed E-state index contributed by atoms with van der Waals surface area (Å²) in [7, 11) is 2.01. The normalized spacial score (nSPS) is 17.1. The molecule has 0 bridgehead atoms. The summed E-state index contributed by atoms with van der Waals surface area (Å²) >= 11 is 0. The predicted molar refractivity (Wildman–Crippen MR) is 74.1 cm³/mol. The highest BCUT2D eigenvalue weighted by Gasteiger charge is 2.17. The molecule has 1 N–H and O–H groups in total. The molecule has 0 atom stereocenters. The smallest absolute Gasteiger partial charge is 0.178 e. The monoisotopic (exact) mass is 248 g/mol. The maximum Gasteiger partial charge on any atom is 0.178 e. The molecule has 1 aliphatic carbocycles. The van der Waals surface area contributed by atoms with Crippen LogP contribution >= 0.6 is 0 Å². The van der Waals surface area contributed by atoms with Crippen molar-refractivity contribution in [3.05, 3.63) is 23.0 Å². The molecule has 1 aliphatic rings. The highest BCUT2D eigenvalue weighted by molar-refractivity contribution is 5.99. The Morgan fingerprint density at radius 3 is 2.56 bits per heavy atom. The van der Waals surface area contributed by atoms with Crippen LogP contribution in [0, 0.1) is 13.8 Å². The summed E-state index contributed by atoms with van der Waals surface area (Å²) in [5.41, 5.74) is 3.09. The van der Waals surface area contributed by atoms with Gasteiger partial charge in [-0.25, -0.2) is 0 Å². The molecule has 0 unspecified atom stereocenters. The second-order valence-corrected chi connectivity index (χ2v) is 5.48. The van der Waals surface area contributed by atoms with Gasteiger partial charge in [-0.15, -0.1) is 0 Å². The highest BCUT2D eigenvalue weighted by Crippen LogP contribution is 2.18. The fourth-order valence-corrected chi connectivity index (χ4v) is 2.78. The first-order valence-electron chi connectivity index (χ1n) is 6.99. The van der Waals surface area contributed by atoms with Crippen LogP contribution in [0.5, 0.6) is 0 Å². The second-order valence-electron chi connectivity index (χ2n) is 5.48. The van der Waals surface area contributed by atoms with Crippen molar-refractivity contribution in [2.75, 3.05) is 6.54 Å². The fraction of sp³-hybridized carbons (Fsp3) is 0.667. The molecular weight excluding hydrogens is 224 g/mol. The summed E-state index contributed by atoms with van der Waals surface area (Å²) in [4.78, 5) is 12.2. The number of carbonyl (C=O) groups excluding carboxylic acids is 1. The van der Waals surface area contributed by atoms with Gasteiger partial charge in [0.05, 0.1) is 6.54 Å². The number of Topliss-reactive ketones (excluding diaryl/α,β-unsaturated/α-hetero) is 1. The predicted octanol–water partition coefficient (Wildman–Crippen LogP) is 2.75. The Morgan fingerprint density at radius 1 is 1.33 bits per heavy atom. The third kappa shape index (κ3) is 2.83. The van der Waals surface area contributed by atoms with Gasteiger partial charge in [-0.1, -0.05) is 19.3 Å². The Morgan fingerprint density at radius 2 is 2.00 bits per heavy atom. The van der Waals surface area contributed by atoms with E-state index in [9.17, 15) is 4.79 Å². The van der Waals surface area contributed by atoms with Crippen LogP contribution in [0.3, 0.4) is 0 Å². The average molecular weight is 248 g/mol. The van der Waals surface area contributed by atoms with E-state index in [0.29, 0.717) is 12.6 Å². The first-order chi connectivity index (χ1) is 8.59. The molecule has 0 radical (unpaired) electrons. The molecule has 1 heterocycles. The molecule has 18 heavy (non-hydrogen) atoms. The summed E-state index contributed by atoms with van der Waals surface area (Å²) < 4.78 is 2.08. The quantitative estimate of drug-likeness (QED) is 0.831. The first-order valence-corrected chi connectivity index (χ1v) is 6.99. The van der Waals surface area contributed by atoms with Gasteiger partial charge in [0, 0.05) is 30.0 Å². The number of ketones is 1. The molecule has 1 saturated carbocycles. The molecule has 100 valence electrons. The van der Waals surface area contributed by atoms with Gasteiger partial charge in [-0.3, -0.25) is 4.79 Å². The van der Waals surface area contributed by atoms with Gasteiger partial charge < -0.3 is 9.88 Å². The number of nitrogens with zero attached hydrogens (tertiary/aromatic N) is 1. The van der Waals surface area contributed by atoms with E-state index in [2.05, 4.69) is 9.88 Å². The van der Waals surface area contributed by atoms with Crippen LogP contribution in [-0.4, -0.2) is 22.9 Å². The van der Waals surface area contributed by atoms with E-state index in [4.69, 9.17) is 0 Å². The summed E-state index contributed by atoms with van der Waals surface area (Å²) in [6.45, 7) is 4.54. The van der Waals surface area contributed by atoms with Crippen molar-refractivity contribution in [2.45, 2.75) is 52.0 Å². The number of carbonyl (C=O) groups is 1. The molecular formula is C15H24N2O. The van der Waals surface area contributed by atoms with E-state index in [1.54, 1.807) is 0 Å². The third-order valence-corrected chi connectivity index (χ3v) is 4.23. The van der Waals surface area contributed by atoms with E-state index in [-0.39, 0.29) is 5.78 Å². The fourth-order valence-electron chi connectivity index (χ4n) is 2.78. The summed E-state index contributed by atoms with van der Waals surface area (Å²) in [6, 6.07) is 2.55. The lowest BCUT2D eigenvalue weighted by atomic mass is 9.95. The minimum Gasteiger partial charge on any atom is -0.351 e. The van der Waals surface area contributed by atoms with Gasteiger partial charge in [-0.05, 0) is 32.8 Å². The summed E-state index contributed by atoms with van der Waals surface area (Å²) in [5, 5.41) is 3.42. The zero-order valence-electron chi connectivity index (χ0n) is 11.8. The number of nitrogens with one attached hydrogen (secondary N) is 1. The van der Waals surface area contributed by atoms with Crippen LogP contribution in [0.1, 0.15) is 53.8 Å². The maximum absolute atomic E-state index is 12.2. The summed E-state index contributed by atoms with van der Waals surface area (Å²) in [5.74, 6) is 0.224. The Kier molecular flexibility index (Phi) is 4.23. The third-order valence-electron chi connectivity index (χ3n) is 4.23. The van der Waals surface area contributed by atoms with E-state index in [1.165, 1.54) is 32.1 Å². The van der Waals surface area contributed by atoms with Crippen molar-refractivity contribution >= 4 is 5.78 Å². The van der Waals surface area contributed by atoms with Crippen LogP contribution in [0.2, 0.25) is 0 Å². The Bertz CT molecular complexity index is 428. The molecule has 0 amide bonds. The molecule has 3 heteroatoms. The standard InChI is InChI=1S/C15H24N2O/c1-11-9-14(12(2)17(11)3)15(18)10-16-13-7-5-4-6-8-13/h9,13,16H,4-8,10H2,1-3H3. The highest BCUT2D eigenvalue weighted by atomic mass is 16.1. The van der Waals surface area contributed by atoms with Gasteiger partial charge in [-0.2, -0.15) is 0 Å². The lowest BCUT2D eigenvalue weighted by Gasteiger charge is -2.22. The van der Waals surface area contributed by atoms with Crippen molar-refractivity contribution in [2.24, 2.45) is 7.05 Å². The largest absolute Gasteiger partial charge is 0.351 e. The van der Waals surface area contributed by atoms with Crippen LogP contribution in [0.25, 0.3) is 0 Å². The van der Waals surface area contributed by atoms with E-state index in [0.717, 1.165) is 17.0 Å². The van der Waals surface area contributed by atoms with Crippen LogP contribution in [-0.2, 0) is 7.05 Å². The minimum absolute atomic E-state index is 0.224. The average Bonchev–Trinajstić information content (AvgIpc) is 2.65. The Balaban J connectivity index is 1.93. The number of rotatable bonds is 4. The van der Waals surface area contributed by atoms with Crippen molar-refractivity contribution in [1.29, 1.82) is 0 Å². The van der Waals surface area contributed by atoms with Crippen LogP contribution < -0.4 is 5.32 Å². The van der Waals surface area contributed by atoms with Gasteiger partial charge in [0.25, 0.3) is 0 Å². The molecule has 0 saturated heterocycles. The Labute approximate surface area is 110 Å². The van der Waals surface area contributed by atoms with Crippen LogP contribution in [0.15, 0.2) is 6.07 Å². The molecule has 2 rings (SSSR count). The molecule has 0 aliphatic heterocycles. The second kappa shape index (κ2) is 5.70. The van der Waals surface area contributed by atoms with Crippen LogP contribution in [0.4, 0.5) is 0 Å². The lowest BCUT2D eigenvalue weighted by molar-refractivity contribution is 0.0984. The van der Waals surface area contributed by atoms with Gasteiger partial charge in [0.1, 0.15) is 0 Å². The zero-order valence-corrected chi connectivity index (χ0v) is 11.8. The van der Waals surface area contributed by atoms with Crippen molar-refractivity contribution in [3.8, 4) is 0 Å². The van der Waals surface area contributed by atoms with Gasteiger partial charge in [0.2, 0.25) is 0 Å². The number of hydrogen-bond donors (Lipinski definition) is 1. The topological polar surface area (TPSA) is 34.0 Å². The van der Waals surface area contributed by atoms with E-state index in [1.807, 2.05) is 27.0 Å². The van der Waals surface area contributed by atoms with Gasteiger partial charge >= 0.3 is 0 Å². The zero-order chi connectivity index (χ0) is 13.1. The van der Waals surface area contributed by atoms with Crippen molar-refractivity contribution < 1.29 is 4.79 Å². The summed E-state index contributed by atoms with van der Waals surface area (Å²) in [6.07, 6.45) is 6.40. The number of aryl methyl sites for hydroxylation is 1. The van der Waals surface area contributed by atoms with E-state index < -0.39 is 0 Å². The van der Waals surface area contributed by atoms with Gasteiger partial charge in [0.15, 0.2) is 5.78 Å². The molecule has 0 spiro atoms. The molecule has 1 aromatic rings. The van der Waals surface area contributed by atoms with Crippen molar-refractivity contribution in [3.63, 3.8) is 0 Å². The Hall–Kier alpha value is -1.09.